The lowest BCUT2D eigenvalue weighted by molar-refractivity contribution is 0.0601. The summed E-state index contributed by atoms with van der Waals surface area (Å²) in [5, 5.41) is 3.95. The van der Waals surface area contributed by atoms with Crippen molar-refractivity contribution in [3.8, 4) is 33.3 Å². The molecule has 3 aromatic heterocycles. The van der Waals surface area contributed by atoms with Gasteiger partial charge in [-0.1, -0.05) is 6.07 Å². The zero-order valence-electron chi connectivity index (χ0n) is 17.5. The summed E-state index contributed by atoms with van der Waals surface area (Å²) in [5.74, 6) is 0.410. The Morgan fingerprint density at radius 1 is 1.00 bits per heavy atom. The fourth-order valence-corrected chi connectivity index (χ4v) is 4.50. The third kappa shape index (κ3) is 3.52. The summed E-state index contributed by atoms with van der Waals surface area (Å²) in [4.78, 5) is 21.1. The van der Waals surface area contributed by atoms with Gasteiger partial charge in [-0.15, -0.1) is 11.3 Å². The van der Waals surface area contributed by atoms with E-state index < -0.39 is 0 Å². The summed E-state index contributed by atoms with van der Waals surface area (Å²) in [6.07, 6.45) is 5.58. The molecule has 0 radical (unpaired) electrons. The van der Waals surface area contributed by atoms with E-state index in [0.29, 0.717) is 5.56 Å². The van der Waals surface area contributed by atoms with Crippen molar-refractivity contribution in [2.45, 2.75) is 0 Å². The molecule has 0 saturated carbocycles. The van der Waals surface area contributed by atoms with Crippen molar-refractivity contribution in [2.75, 3.05) is 14.2 Å². The molecule has 0 saturated heterocycles. The lowest BCUT2D eigenvalue weighted by Crippen LogP contribution is -2.01. The second-order valence-electron chi connectivity index (χ2n) is 7.11. The Balaban J connectivity index is 1.68. The van der Waals surface area contributed by atoms with Gasteiger partial charge in [-0.3, -0.25) is 4.98 Å². The van der Waals surface area contributed by atoms with Crippen LogP contribution in [0.2, 0.25) is 0 Å². The quantitative estimate of drug-likeness (QED) is 0.332. The third-order valence-corrected chi connectivity index (χ3v) is 6.16. The molecule has 0 N–H and O–H groups in total. The van der Waals surface area contributed by atoms with Crippen LogP contribution >= 0.6 is 11.3 Å². The van der Waals surface area contributed by atoms with Crippen molar-refractivity contribution in [2.24, 2.45) is 0 Å². The molecule has 5 rings (SSSR count). The van der Waals surface area contributed by atoms with Crippen molar-refractivity contribution in [1.82, 2.24) is 14.5 Å². The van der Waals surface area contributed by atoms with Gasteiger partial charge in [0.15, 0.2) is 0 Å². The summed E-state index contributed by atoms with van der Waals surface area (Å²) in [6, 6.07) is 17.3. The minimum atomic E-state index is -0.370. The topological polar surface area (TPSA) is 66.2 Å². The molecule has 0 fully saturated rings. The molecule has 0 atom stereocenters. The van der Waals surface area contributed by atoms with Crippen LogP contribution < -0.4 is 4.74 Å². The Morgan fingerprint density at radius 2 is 1.78 bits per heavy atom. The molecule has 3 heterocycles. The van der Waals surface area contributed by atoms with E-state index in [-0.39, 0.29) is 5.97 Å². The molecule has 7 heteroatoms. The van der Waals surface area contributed by atoms with Gasteiger partial charge in [-0.2, -0.15) is 0 Å². The molecule has 0 bridgehead atoms. The highest BCUT2D eigenvalue weighted by atomic mass is 32.1. The van der Waals surface area contributed by atoms with Crippen molar-refractivity contribution < 1.29 is 14.3 Å². The number of carbonyl (C=O) groups excluding carboxylic acids is 1. The minimum Gasteiger partial charge on any atom is -0.497 e. The first kappa shape index (κ1) is 20.0. The predicted molar refractivity (Wildman–Crippen MR) is 126 cm³/mol. The highest BCUT2D eigenvalue weighted by Crippen LogP contribution is 2.36. The summed E-state index contributed by atoms with van der Waals surface area (Å²) < 4.78 is 12.3. The van der Waals surface area contributed by atoms with Crippen LogP contribution in [-0.4, -0.2) is 34.7 Å². The number of aromatic nitrogens is 3. The zero-order valence-corrected chi connectivity index (χ0v) is 18.3. The zero-order chi connectivity index (χ0) is 22.1. The molecule has 158 valence electrons. The number of hydrogen-bond acceptors (Lipinski definition) is 6. The molecule has 32 heavy (non-hydrogen) atoms. The van der Waals surface area contributed by atoms with E-state index in [4.69, 9.17) is 14.5 Å². The lowest BCUT2D eigenvalue weighted by Gasteiger charge is -2.07. The number of ether oxygens (including phenoxy) is 2. The molecule has 0 aliphatic carbocycles. The number of hydrogen-bond donors (Lipinski definition) is 0. The fourth-order valence-electron chi connectivity index (χ4n) is 3.65. The normalized spacial score (nSPS) is 10.9. The van der Waals surface area contributed by atoms with Gasteiger partial charge in [0.05, 0.1) is 31.0 Å². The molecule has 2 aromatic carbocycles. The monoisotopic (exact) mass is 441 g/mol. The van der Waals surface area contributed by atoms with Gasteiger partial charge in [0.2, 0.25) is 0 Å². The molecule has 0 spiro atoms. The Bertz CT molecular complexity index is 1410. The number of carbonyl (C=O) groups is 1. The summed E-state index contributed by atoms with van der Waals surface area (Å²) in [6.45, 7) is 0. The first-order valence-corrected chi connectivity index (χ1v) is 10.8. The van der Waals surface area contributed by atoms with Crippen LogP contribution in [0.4, 0.5) is 0 Å². The second kappa shape index (κ2) is 8.28. The van der Waals surface area contributed by atoms with Crippen LogP contribution in [0.25, 0.3) is 38.4 Å². The van der Waals surface area contributed by atoms with Crippen LogP contribution in [0.3, 0.4) is 0 Å². The summed E-state index contributed by atoms with van der Waals surface area (Å²) >= 11 is 1.59. The SMILES string of the molecule is COC(=O)c1ccc2c(-c3nc(-c4ccncc4)cs3)cn(-c3ccc(OC)cc3)c2c1. The average Bonchev–Trinajstić information content (AvgIpc) is 3.49. The highest BCUT2D eigenvalue weighted by molar-refractivity contribution is 7.13. The number of methoxy groups -OCH3 is 2. The van der Waals surface area contributed by atoms with Crippen LogP contribution in [0.1, 0.15) is 10.4 Å². The molecule has 0 amide bonds. The lowest BCUT2D eigenvalue weighted by atomic mass is 10.1. The van der Waals surface area contributed by atoms with Crippen molar-refractivity contribution in [3.63, 3.8) is 0 Å². The van der Waals surface area contributed by atoms with E-state index >= 15 is 0 Å². The number of thiazole rings is 1. The van der Waals surface area contributed by atoms with Crippen molar-refractivity contribution in [1.29, 1.82) is 0 Å². The number of nitrogens with zero attached hydrogens (tertiary/aromatic N) is 3. The van der Waals surface area contributed by atoms with Gasteiger partial charge in [0.1, 0.15) is 10.8 Å². The van der Waals surface area contributed by atoms with Crippen LogP contribution in [0, 0.1) is 0 Å². The molecule has 0 aliphatic heterocycles. The predicted octanol–water partition coefficient (Wildman–Crippen LogP) is 5.61. The molecule has 5 aromatic rings. The maximum atomic E-state index is 12.2. The Labute approximate surface area is 188 Å². The Hall–Kier alpha value is -3.97. The highest BCUT2D eigenvalue weighted by Gasteiger charge is 2.17. The Morgan fingerprint density at radius 3 is 2.50 bits per heavy atom. The second-order valence-corrected chi connectivity index (χ2v) is 7.97. The number of esters is 1. The number of benzene rings is 2. The Kier molecular flexibility index (Phi) is 5.17. The average molecular weight is 442 g/mol. The van der Waals surface area contributed by atoms with Gasteiger partial charge < -0.3 is 14.0 Å². The first-order valence-electron chi connectivity index (χ1n) is 9.92. The van der Waals surface area contributed by atoms with Crippen molar-refractivity contribution in [3.05, 3.63) is 84.1 Å². The number of fused-ring (bicyclic) bond motifs is 1. The van der Waals surface area contributed by atoms with Crippen LogP contribution in [0.15, 0.2) is 78.6 Å². The van der Waals surface area contributed by atoms with E-state index in [1.165, 1.54) is 7.11 Å². The summed E-state index contributed by atoms with van der Waals surface area (Å²) in [5.41, 5.74) is 5.27. The number of pyridine rings is 1. The maximum absolute atomic E-state index is 12.2. The molecular formula is C25H19N3O3S. The van der Waals surface area contributed by atoms with Gasteiger partial charge in [-0.05, 0) is 48.5 Å². The molecular weight excluding hydrogens is 422 g/mol. The van der Waals surface area contributed by atoms with E-state index in [9.17, 15) is 4.79 Å². The first-order chi connectivity index (χ1) is 15.7. The fraction of sp³-hybridized carbons (Fsp3) is 0.0800. The van der Waals surface area contributed by atoms with Crippen LogP contribution in [-0.2, 0) is 4.74 Å². The minimum absolute atomic E-state index is 0.370. The molecule has 0 aliphatic rings. The van der Waals surface area contributed by atoms with Gasteiger partial charge in [-0.25, -0.2) is 9.78 Å². The smallest absolute Gasteiger partial charge is 0.337 e. The maximum Gasteiger partial charge on any atom is 0.337 e. The van der Waals surface area contributed by atoms with Gasteiger partial charge in [0, 0.05) is 46.2 Å². The van der Waals surface area contributed by atoms with Gasteiger partial charge in [0.25, 0.3) is 0 Å². The summed E-state index contributed by atoms with van der Waals surface area (Å²) in [7, 11) is 3.03. The number of rotatable bonds is 5. The molecule has 0 unspecified atom stereocenters. The van der Waals surface area contributed by atoms with Crippen LogP contribution in [0.5, 0.6) is 5.75 Å². The van der Waals surface area contributed by atoms with E-state index in [1.807, 2.05) is 53.9 Å². The van der Waals surface area contributed by atoms with E-state index in [1.54, 1.807) is 36.9 Å². The molecule has 6 nitrogen and oxygen atoms in total. The van der Waals surface area contributed by atoms with E-state index in [2.05, 4.69) is 15.7 Å². The van der Waals surface area contributed by atoms with Crippen molar-refractivity contribution >= 4 is 28.2 Å². The largest absolute Gasteiger partial charge is 0.497 e. The van der Waals surface area contributed by atoms with E-state index in [0.717, 1.165) is 44.2 Å². The third-order valence-electron chi connectivity index (χ3n) is 5.29. The standard InChI is InChI=1S/C25H19N3O3S/c1-30-19-6-4-18(5-7-19)28-14-21(20-8-3-17(13-23(20)28)25(29)31-2)24-27-22(15-32-24)16-9-11-26-12-10-16/h3-15H,1-2H3. The van der Waals surface area contributed by atoms with Gasteiger partial charge >= 0.3 is 5.97 Å².